The minimum atomic E-state index is -4.51. The fourth-order valence-corrected chi connectivity index (χ4v) is 3.21. The van der Waals surface area contributed by atoms with E-state index in [1.54, 1.807) is 0 Å². The lowest BCUT2D eigenvalue weighted by Gasteiger charge is -2.20. The summed E-state index contributed by atoms with van der Waals surface area (Å²) in [6.45, 7) is 2.07. The van der Waals surface area contributed by atoms with Gasteiger partial charge < -0.3 is 5.32 Å². The number of hydrogen-bond acceptors (Lipinski definition) is 3. The molecule has 1 fully saturated rings. The smallest absolute Gasteiger partial charge is 0.311 e. The van der Waals surface area contributed by atoms with Gasteiger partial charge in [-0.05, 0) is 18.6 Å². The Morgan fingerprint density at radius 3 is 2.75 bits per heavy atom. The maximum Gasteiger partial charge on any atom is 0.522 e. The molecule has 2 nitrogen and oxygen atoms in total. The molecule has 0 heterocycles. The molecule has 0 aliphatic heterocycles. The maximum atomic E-state index is 11.7. The molecule has 1 rings (SSSR count). The molecule has 0 aromatic carbocycles. The lowest BCUT2D eigenvalue weighted by Crippen LogP contribution is -2.37. The van der Waals surface area contributed by atoms with Gasteiger partial charge in [0.1, 0.15) is 0 Å². The van der Waals surface area contributed by atoms with Gasteiger partial charge in [-0.15, -0.1) is 13.2 Å². The van der Waals surface area contributed by atoms with Crippen molar-refractivity contribution in [2.24, 2.45) is 0 Å². The predicted molar refractivity (Wildman–Crippen MR) is 59.6 cm³/mol. The molecule has 6 heteroatoms. The molecule has 16 heavy (non-hydrogen) atoms. The van der Waals surface area contributed by atoms with Crippen LogP contribution in [-0.2, 0) is 4.74 Å². The molecular formula is C10H18F3NOS. The average molecular weight is 257 g/mol. The van der Waals surface area contributed by atoms with Gasteiger partial charge in [0, 0.05) is 17.8 Å². The molecule has 0 saturated heterocycles. The van der Waals surface area contributed by atoms with Crippen LogP contribution >= 0.6 is 11.8 Å². The number of ether oxygens (including phenoxy) is 1. The second-order valence-electron chi connectivity index (χ2n) is 3.78. The van der Waals surface area contributed by atoms with Crippen LogP contribution in [0.2, 0.25) is 0 Å². The van der Waals surface area contributed by atoms with E-state index in [2.05, 4.69) is 17.0 Å². The molecule has 96 valence electrons. The highest BCUT2D eigenvalue weighted by Crippen LogP contribution is 2.29. The summed E-state index contributed by atoms with van der Waals surface area (Å²) < 4.78 is 38.8. The van der Waals surface area contributed by atoms with E-state index in [0.29, 0.717) is 11.3 Å². The minimum absolute atomic E-state index is 0.269. The molecule has 0 radical (unpaired) electrons. The van der Waals surface area contributed by atoms with Crippen molar-refractivity contribution in [1.82, 2.24) is 5.32 Å². The van der Waals surface area contributed by atoms with Gasteiger partial charge in [0.05, 0.1) is 6.61 Å². The SMILES string of the molecule is CCSC1CCCC1NCCOC(F)(F)F. The standard InChI is InChI=1S/C10H18F3NOS/c1-2-16-9-5-3-4-8(9)14-6-7-15-10(11,12)13/h8-9,14H,2-7H2,1H3. The van der Waals surface area contributed by atoms with Gasteiger partial charge in [0.2, 0.25) is 0 Å². The molecule has 0 aromatic heterocycles. The number of rotatable bonds is 6. The lowest BCUT2D eigenvalue weighted by molar-refractivity contribution is -0.323. The Bertz CT molecular complexity index is 201. The van der Waals surface area contributed by atoms with Gasteiger partial charge in [0.15, 0.2) is 0 Å². The Morgan fingerprint density at radius 1 is 1.38 bits per heavy atom. The van der Waals surface area contributed by atoms with Crippen LogP contribution in [0.3, 0.4) is 0 Å². The van der Waals surface area contributed by atoms with Gasteiger partial charge in [0.25, 0.3) is 0 Å². The second-order valence-corrected chi connectivity index (χ2v) is 5.30. The minimum Gasteiger partial charge on any atom is -0.311 e. The molecule has 0 spiro atoms. The van der Waals surface area contributed by atoms with E-state index < -0.39 is 6.36 Å². The van der Waals surface area contributed by atoms with E-state index in [0.717, 1.165) is 25.0 Å². The van der Waals surface area contributed by atoms with Gasteiger partial charge in [-0.2, -0.15) is 11.8 Å². The van der Waals surface area contributed by atoms with E-state index >= 15 is 0 Å². The summed E-state index contributed by atoms with van der Waals surface area (Å²) in [5.41, 5.74) is 0. The Labute approximate surface area is 98.3 Å². The molecule has 0 amide bonds. The molecule has 1 N–H and O–H groups in total. The van der Waals surface area contributed by atoms with Crippen molar-refractivity contribution in [3.8, 4) is 0 Å². The summed E-state index contributed by atoms with van der Waals surface area (Å²) in [7, 11) is 0. The van der Waals surface area contributed by atoms with E-state index in [-0.39, 0.29) is 13.2 Å². The third-order valence-corrected chi connectivity index (χ3v) is 3.93. The average Bonchev–Trinajstić information content (AvgIpc) is 2.60. The fraction of sp³-hybridized carbons (Fsp3) is 1.00. The highest BCUT2D eigenvalue weighted by atomic mass is 32.2. The molecule has 1 saturated carbocycles. The number of thioether (sulfide) groups is 1. The third-order valence-electron chi connectivity index (χ3n) is 2.61. The Hall–Kier alpha value is 0.0600. The van der Waals surface area contributed by atoms with Crippen LogP contribution < -0.4 is 5.32 Å². The zero-order valence-electron chi connectivity index (χ0n) is 9.35. The zero-order chi connectivity index (χ0) is 12.0. The first-order chi connectivity index (χ1) is 7.53. The largest absolute Gasteiger partial charge is 0.522 e. The number of hydrogen-bond donors (Lipinski definition) is 1. The molecule has 0 bridgehead atoms. The van der Waals surface area contributed by atoms with Crippen LogP contribution in [0.15, 0.2) is 0 Å². The van der Waals surface area contributed by atoms with E-state index in [1.165, 1.54) is 0 Å². The quantitative estimate of drug-likeness (QED) is 0.739. The van der Waals surface area contributed by atoms with Gasteiger partial charge in [-0.3, -0.25) is 4.74 Å². The van der Waals surface area contributed by atoms with Crippen molar-refractivity contribution in [3.63, 3.8) is 0 Å². The van der Waals surface area contributed by atoms with Gasteiger partial charge in [-0.1, -0.05) is 13.3 Å². The second kappa shape index (κ2) is 6.71. The van der Waals surface area contributed by atoms with Crippen molar-refractivity contribution in [2.75, 3.05) is 18.9 Å². The Morgan fingerprint density at radius 2 is 2.12 bits per heavy atom. The normalized spacial score (nSPS) is 26.2. The molecule has 1 aliphatic rings. The first-order valence-electron chi connectivity index (χ1n) is 5.58. The maximum absolute atomic E-state index is 11.7. The molecule has 1 aliphatic carbocycles. The van der Waals surface area contributed by atoms with Crippen LogP contribution in [0.4, 0.5) is 13.2 Å². The monoisotopic (exact) mass is 257 g/mol. The summed E-state index contributed by atoms with van der Waals surface area (Å²) >= 11 is 1.89. The fourth-order valence-electron chi connectivity index (χ4n) is 1.98. The third kappa shape index (κ3) is 5.41. The van der Waals surface area contributed by atoms with Gasteiger partial charge in [-0.25, -0.2) is 0 Å². The van der Waals surface area contributed by atoms with Gasteiger partial charge >= 0.3 is 6.36 Å². The van der Waals surface area contributed by atoms with Crippen molar-refractivity contribution < 1.29 is 17.9 Å². The Kier molecular flexibility index (Phi) is 5.92. The molecule has 2 atom stereocenters. The summed E-state index contributed by atoms with van der Waals surface area (Å²) in [4.78, 5) is 0. The highest BCUT2D eigenvalue weighted by molar-refractivity contribution is 7.99. The first-order valence-corrected chi connectivity index (χ1v) is 6.63. The summed E-state index contributed by atoms with van der Waals surface area (Å²) in [5.74, 6) is 1.06. The summed E-state index contributed by atoms with van der Waals surface area (Å²) in [6.07, 6.45) is -1.12. The van der Waals surface area contributed by atoms with E-state index in [1.807, 2.05) is 11.8 Å². The van der Waals surface area contributed by atoms with Crippen LogP contribution in [0.25, 0.3) is 0 Å². The molecule has 2 unspecified atom stereocenters. The van der Waals surface area contributed by atoms with Crippen LogP contribution in [-0.4, -0.2) is 36.6 Å². The Balaban J connectivity index is 2.12. The van der Waals surface area contributed by atoms with Crippen molar-refractivity contribution >= 4 is 11.8 Å². The van der Waals surface area contributed by atoms with Crippen molar-refractivity contribution in [3.05, 3.63) is 0 Å². The number of halogens is 3. The van der Waals surface area contributed by atoms with E-state index in [9.17, 15) is 13.2 Å². The van der Waals surface area contributed by atoms with Crippen LogP contribution in [0.5, 0.6) is 0 Å². The molecule has 0 aromatic rings. The highest BCUT2D eigenvalue weighted by Gasteiger charge is 2.30. The zero-order valence-corrected chi connectivity index (χ0v) is 10.2. The predicted octanol–water partition coefficient (Wildman–Crippen LogP) is 2.79. The van der Waals surface area contributed by atoms with Crippen molar-refractivity contribution in [1.29, 1.82) is 0 Å². The number of alkyl halides is 3. The number of nitrogens with one attached hydrogen (secondary N) is 1. The van der Waals surface area contributed by atoms with E-state index in [4.69, 9.17) is 0 Å². The molecular weight excluding hydrogens is 239 g/mol. The van der Waals surface area contributed by atoms with Crippen LogP contribution in [0.1, 0.15) is 26.2 Å². The lowest BCUT2D eigenvalue weighted by atomic mass is 10.2. The topological polar surface area (TPSA) is 21.3 Å². The summed E-state index contributed by atoms with van der Waals surface area (Å²) in [5, 5.41) is 3.69. The summed E-state index contributed by atoms with van der Waals surface area (Å²) in [6, 6.07) is 0.349. The van der Waals surface area contributed by atoms with Crippen molar-refractivity contribution in [2.45, 2.75) is 43.8 Å². The first kappa shape index (κ1) is 14.1. The van der Waals surface area contributed by atoms with Crippen LogP contribution in [0, 0.1) is 0 Å².